The first-order chi connectivity index (χ1) is 20.7. The Kier molecular flexibility index (Phi) is 10.7. The number of halogens is 2. The van der Waals surface area contributed by atoms with E-state index in [1.54, 1.807) is 30.6 Å². The lowest BCUT2D eigenvalue weighted by Gasteiger charge is -2.28. The van der Waals surface area contributed by atoms with Crippen molar-refractivity contribution in [3.63, 3.8) is 0 Å². The number of hydrogen-bond acceptors (Lipinski definition) is 7. The minimum atomic E-state index is -3.22. The number of hydrogen-bond donors (Lipinski definition) is 1. The van der Waals surface area contributed by atoms with Crippen LogP contribution in [0.15, 0.2) is 59.9 Å². The van der Waals surface area contributed by atoms with Crippen molar-refractivity contribution in [1.29, 1.82) is 0 Å². The third kappa shape index (κ3) is 8.10. The summed E-state index contributed by atoms with van der Waals surface area (Å²) in [4.78, 5) is 28.0. The Morgan fingerprint density at radius 1 is 1.14 bits per heavy atom. The summed E-state index contributed by atoms with van der Waals surface area (Å²) in [6, 6.07) is 12.8. The van der Waals surface area contributed by atoms with Crippen molar-refractivity contribution in [2.24, 2.45) is 10.9 Å². The number of anilines is 2. The van der Waals surface area contributed by atoms with E-state index >= 15 is 0 Å². The van der Waals surface area contributed by atoms with Gasteiger partial charge in [-0.1, -0.05) is 39.0 Å². The lowest BCUT2D eigenvalue weighted by molar-refractivity contribution is 0.0146. The SMILES string of the molecule is CC.CCc1cc(C(=O)CC2CCN(C)CC2)ccc1Nc1ncc(C(C)(F)F)c(Oc2ccccc2C2=CN=CC2)n1. The second-order valence-corrected chi connectivity index (χ2v) is 10.8. The highest BCUT2D eigenvalue weighted by molar-refractivity contribution is 5.97. The molecule has 7 nitrogen and oxygen atoms in total. The van der Waals surface area contributed by atoms with Gasteiger partial charge in [-0.15, -0.1) is 0 Å². The van der Waals surface area contributed by atoms with E-state index in [4.69, 9.17) is 4.74 Å². The van der Waals surface area contributed by atoms with Crippen molar-refractivity contribution in [3.05, 3.63) is 77.1 Å². The number of para-hydroxylation sites is 1. The van der Waals surface area contributed by atoms with Crippen molar-refractivity contribution >= 4 is 29.2 Å². The van der Waals surface area contributed by atoms with Gasteiger partial charge in [0.05, 0.1) is 0 Å². The zero-order chi connectivity index (χ0) is 31.0. The number of ether oxygens (including phenoxy) is 1. The molecule has 2 aromatic carbocycles. The number of carbonyl (C=O) groups excluding carboxylic acids is 1. The van der Waals surface area contributed by atoms with Crippen molar-refractivity contribution in [3.8, 4) is 11.6 Å². The number of alkyl halides is 2. The first kappa shape index (κ1) is 31.9. The molecule has 3 aromatic rings. The van der Waals surface area contributed by atoms with E-state index in [2.05, 4.69) is 32.2 Å². The number of allylic oxidation sites excluding steroid dienone is 1. The van der Waals surface area contributed by atoms with Crippen LogP contribution in [0, 0.1) is 5.92 Å². The molecule has 1 N–H and O–H groups in total. The summed E-state index contributed by atoms with van der Waals surface area (Å²) >= 11 is 0. The fourth-order valence-electron chi connectivity index (χ4n) is 5.20. The van der Waals surface area contributed by atoms with Gasteiger partial charge < -0.3 is 15.0 Å². The zero-order valence-corrected chi connectivity index (χ0v) is 25.7. The first-order valence-corrected chi connectivity index (χ1v) is 15.1. The number of aliphatic imine (C=N–C) groups is 1. The maximum absolute atomic E-state index is 14.6. The molecule has 43 heavy (non-hydrogen) atoms. The van der Waals surface area contributed by atoms with Gasteiger partial charge in [0, 0.05) is 55.2 Å². The van der Waals surface area contributed by atoms with Crippen LogP contribution in [0.4, 0.5) is 20.4 Å². The van der Waals surface area contributed by atoms with Gasteiger partial charge in [0.1, 0.15) is 11.3 Å². The number of likely N-dealkylation sites (tertiary alicyclic amines) is 1. The van der Waals surface area contributed by atoms with Gasteiger partial charge in [-0.05, 0) is 80.7 Å². The van der Waals surface area contributed by atoms with E-state index in [-0.39, 0.29) is 17.6 Å². The highest BCUT2D eigenvalue weighted by Gasteiger charge is 2.31. The van der Waals surface area contributed by atoms with E-state index in [0.29, 0.717) is 42.2 Å². The zero-order valence-electron chi connectivity index (χ0n) is 25.7. The van der Waals surface area contributed by atoms with Crippen LogP contribution in [0.3, 0.4) is 0 Å². The molecule has 9 heteroatoms. The van der Waals surface area contributed by atoms with Gasteiger partial charge in [0.15, 0.2) is 5.78 Å². The van der Waals surface area contributed by atoms with E-state index in [1.807, 2.05) is 45.0 Å². The van der Waals surface area contributed by atoms with Crippen LogP contribution < -0.4 is 10.1 Å². The molecular weight excluding hydrogens is 548 g/mol. The fraction of sp³-hybridized carbons (Fsp3) is 0.412. The van der Waals surface area contributed by atoms with Crippen LogP contribution in [-0.4, -0.2) is 47.0 Å². The summed E-state index contributed by atoms with van der Waals surface area (Å²) in [6.45, 7) is 8.84. The van der Waals surface area contributed by atoms with Crippen LogP contribution >= 0.6 is 0 Å². The van der Waals surface area contributed by atoms with Crippen LogP contribution in [0.25, 0.3) is 5.57 Å². The predicted molar refractivity (Wildman–Crippen MR) is 169 cm³/mol. The maximum atomic E-state index is 14.6. The quantitative estimate of drug-likeness (QED) is 0.239. The lowest BCUT2D eigenvalue weighted by Crippen LogP contribution is -2.31. The number of Topliss-reactive ketones (excluding diaryl/α,β-unsaturated/α-hetero) is 1. The molecule has 0 atom stereocenters. The number of carbonyl (C=O) groups is 1. The minimum Gasteiger partial charge on any atom is -0.438 e. The molecule has 0 aliphatic carbocycles. The van der Waals surface area contributed by atoms with Crippen LogP contribution in [0.1, 0.15) is 80.4 Å². The van der Waals surface area contributed by atoms with E-state index < -0.39 is 11.5 Å². The number of rotatable bonds is 10. The second-order valence-electron chi connectivity index (χ2n) is 10.8. The van der Waals surface area contributed by atoms with Crippen molar-refractivity contribution < 1.29 is 18.3 Å². The molecule has 0 saturated carbocycles. The molecule has 0 spiro atoms. The molecule has 0 radical (unpaired) electrons. The molecule has 0 bridgehead atoms. The normalized spacial score (nSPS) is 15.5. The molecular formula is C34H41F2N5O2. The van der Waals surface area contributed by atoms with Gasteiger partial charge >= 0.3 is 0 Å². The number of piperidine rings is 1. The number of aromatic nitrogens is 2. The van der Waals surface area contributed by atoms with Crippen molar-refractivity contribution in [1.82, 2.24) is 14.9 Å². The standard InChI is InChI=1S/C32H35F2N5O2.C2H6/c1-4-22-18-23(28(40)17-21-12-15-39(3)16-13-21)9-10-27(22)37-31-36-20-26(32(2,33)34)30(38-31)41-29-8-6-5-7-25(29)24-11-14-35-19-24;1-2/h5-10,14,18-21H,4,11-13,15-17H2,1-3H3,(H,36,37,38);1-2H3. The number of ketones is 1. The Bertz CT molecular complexity index is 1470. The fourth-order valence-corrected chi connectivity index (χ4v) is 5.20. The Morgan fingerprint density at radius 3 is 2.56 bits per heavy atom. The number of nitrogens with one attached hydrogen (secondary N) is 1. The first-order valence-electron chi connectivity index (χ1n) is 15.1. The molecule has 2 aliphatic rings. The smallest absolute Gasteiger partial charge is 0.277 e. The second kappa shape index (κ2) is 14.5. The third-order valence-electron chi connectivity index (χ3n) is 7.68. The van der Waals surface area contributed by atoms with Gasteiger partial charge in [-0.2, -0.15) is 4.98 Å². The van der Waals surface area contributed by atoms with Gasteiger partial charge in [-0.25, -0.2) is 13.8 Å². The average Bonchev–Trinajstić information content (AvgIpc) is 3.54. The van der Waals surface area contributed by atoms with Crippen molar-refractivity contribution in [2.75, 3.05) is 25.5 Å². The average molecular weight is 590 g/mol. The molecule has 1 aromatic heterocycles. The maximum Gasteiger partial charge on any atom is 0.277 e. The molecule has 1 fully saturated rings. The molecule has 3 heterocycles. The summed E-state index contributed by atoms with van der Waals surface area (Å²) in [5, 5.41) is 3.16. The number of nitrogens with zero attached hydrogens (tertiary/aromatic N) is 4. The summed E-state index contributed by atoms with van der Waals surface area (Å²) in [6.07, 6.45) is 8.52. The van der Waals surface area contributed by atoms with Gasteiger partial charge in [-0.3, -0.25) is 9.79 Å². The van der Waals surface area contributed by atoms with E-state index in [9.17, 15) is 13.6 Å². The summed E-state index contributed by atoms with van der Waals surface area (Å²) < 4.78 is 35.1. The minimum absolute atomic E-state index is 0.119. The third-order valence-corrected chi connectivity index (χ3v) is 7.68. The Labute approximate surface area is 253 Å². The van der Waals surface area contributed by atoms with Crippen LogP contribution in [0.5, 0.6) is 11.6 Å². The van der Waals surface area contributed by atoms with Gasteiger partial charge in [0.2, 0.25) is 11.8 Å². The molecule has 0 unspecified atom stereocenters. The molecule has 0 amide bonds. The lowest BCUT2D eigenvalue weighted by atomic mass is 9.89. The highest BCUT2D eigenvalue weighted by atomic mass is 19.3. The Balaban J connectivity index is 0.00000207. The highest BCUT2D eigenvalue weighted by Crippen LogP contribution is 2.39. The van der Waals surface area contributed by atoms with Crippen LogP contribution in [0.2, 0.25) is 0 Å². The molecule has 1 saturated heterocycles. The number of aryl methyl sites for hydroxylation is 1. The summed E-state index contributed by atoms with van der Waals surface area (Å²) in [7, 11) is 2.11. The van der Waals surface area contributed by atoms with Gasteiger partial charge in [0.25, 0.3) is 5.92 Å². The predicted octanol–water partition coefficient (Wildman–Crippen LogP) is 8.44. The molecule has 2 aliphatic heterocycles. The Hall–Kier alpha value is -3.98. The Morgan fingerprint density at radius 2 is 1.88 bits per heavy atom. The van der Waals surface area contributed by atoms with Crippen LogP contribution in [-0.2, 0) is 12.3 Å². The van der Waals surface area contributed by atoms with E-state index in [0.717, 1.165) is 55.8 Å². The van der Waals surface area contributed by atoms with Crippen molar-refractivity contribution in [2.45, 2.75) is 65.7 Å². The van der Waals surface area contributed by atoms with E-state index in [1.165, 1.54) is 0 Å². The largest absolute Gasteiger partial charge is 0.438 e. The summed E-state index contributed by atoms with van der Waals surface area (Å²) in [5.41, 5.74) is 3.57. The topological polar surface area (TPSA) is 79.7 Å². The summed E-state index contributed by atoms with van der Waals surface area (Å²) in [5.74, 6) is -2.38. The molecule has 228 valence electrons. The number of benzene rings is 2. The molecule has 5 rings (SSSR count). The monoisotopic (exact) mass is 589 g/mol.